The molecule has 1 amide bonds. The Hall–Kier alpha value is -1.39. The molecule has 2 saturated heterocycles. The molecule has 0 bridgehead atoms. The fourth-order valence-corrected chi connectivity index (χ4v) is 4.49. The fraction of sp³-hybridized carbons (Fsp3) is 0.650. The van der Waals surface area contributed by atoms with E-state index in [1.807, 2.05) is 4.90 Å². The van der Waals surface area contributed by atoms with Crippen LogP contribution in [-0.4, -0.2) is 54.6 Å². The summed E-state index contributed by atoms with van der Waals surface area (Å²) in [6, 6.07) is 8.51. The molecule has 0 N–H and O–H groups in total. The van der Waals surface area contributed by atoms with Crippen molar-refractivity contribution in [1.29, 1.82) is 0 Å². The van der Waals surface area contributed by atoms with Gasteiger partial charge in [0, 0.05) is 45.8 Å². The SMILES string of the molecule is O=C(CCN1CCC2OCCCC2C1)N1CCc2ccccc2C1. The van der Waals surface area contributed by atoms with E-state index in [4.69, 9.17) is 4.74 Å². The monoisotopic (exact) mass is 328 g/mol. The first-order chi connectivity index (χ1) is 11.8. The van der Waals surface area contributed by atoms with Crippen molar-refractivity contribution in [2.45, 2.75) is 44.8 Å². The number of likely N-dealkylation sites (tertiary alicyclic amines) is 1. The van der Waals surface area contributed by atoms with E-state index in [9.17, 15) is 4.79 Å². The van der Waals surface area contributed by atoms with E-state index < -0.39 is 0 Å². The van der Waals surface area contributed by atoms with Crippen LogP contribution in [0.15, 0.2) is 24.3 Å². The van der Waals surface area contributed by atoms with E-state index in [2.05, 4.69) is 29.2 Å². The topological polar surface area (TPSA) is 32.8 Å². The lowest BCUT2D eigenvalue weighted by Gasteiger charge is -2.41. The molecule has 1 aromatic carbocycles. The minimum absolute atomic E-state index is 0.312. The molecular formula is C20H28N2O2. The highest BCUT2D eigenvalue weighted by Crippen LogP contribution is 2.28. The Morgan fingerprint density at radius 3 is 2.96 bits per heavy atom. The number of ether oxygens (including phenoxy) is 1. The standard InChI is InChI=1S/C20H28N2O2/c23-20(22-12-7-16-4-1-2-5-17(16)15-22)9-11-21-10-8-19-18(14-21)6-3-13-24-19/h1-2,4-5,18-19H,3,6-15H2. The first-order valence-electron chi connectivity index (χ1n) is 9.48. The Labute approximate surface area is 144 Å². The third-order valence-corrected chi connectivity index (χ3v) is 5.92. The van der Waals surface area contributed by atoms with E-state index in [0.29, 0.717) is 24.3 Å². The minimum atomic E-state index is 0.312. The summed E-state index contributed by atoms with van der Waals surface area (Å²) in [5.41, 5.74) is 2.72. The molecule has 0 spiro atoms. The van der Waals surface area contributed by atoms with Gasteiger partial charge >= 0.3 is 0 Å². The Kier molecular flexibility index (Phi) is 4.86. The molecule has 3 aliphatic rings. The molecular weight excluding hydrogens is 300 g/mol. The number of fused-ring (bicyclic) bond motifs is 2. The highest BCUT2D eigenvalue weighted by atomic mass is 16.5. The van der Waals surface area contributed by atoms with Gasteiger partial charge in [0.15, 0.2) is 0 Å². The van der Waals surface area contributed by atoms with Crippen LogP contribution in [0.1, 0.15) is 36.8 Å². The first kappa shape index (κ1) is 16.1. The third-order valence-electron chi connectivity index (χ3n) is 5.92. The average molecular weight is 328 g/mol. The fourth-order valence-electron chi connectivity index (χ4n) is 4.49. The molecule has 2 unspecified atom stereocenters. The number of nitrogens with zero attached hydrogens (tertiary/aromatic N) is 2. The van der Waals surface area contributed by atoms with E-state index in [1.165, 1.54) is 24.0 Å². The number of carbonyl (C=O) groups is 1. The van der Waals surface area contributed by atoms with Gasteiger partial charge in [-0.15, -0.1) is 0 Å². The first-order valence-corrected chi connectivity index (χ1v) is 9.48. The van der Waals surface area contributed by atoms with Gasteiger partial charge in [0.05, 0.1) is 6.10 Å². The number of hydrogen-bond acceptors (Lipinski definition) is 3. The van der Waals surface area contributed by atoms with Crippen molar-refractivity contribution in [3.8, 4) is 0 Å². The van der Waals surface area contributed by atoms with Gasteiger partial charge in [-0.25, -0.2) is 0 Å². The van der Waals surface area contributed by atoms with Crippen LogP contribution in [0, 0.1) is 5.92 Å². The lowest BCUT2D eigenvalue weighted by molar-refractivity contribution is -0.132. The van der Waals surface area contributed by atoms with E-state index >= 15 is 0 Å². The van der Waals surface area contributed by atoms with E-state index in [0.717, 1.165) is 52.2 Å². The summed E-state index contributed by atoms with van der Waals surface area (Å²) in [6.45, 7) is 5.69. The molecule has 4 heteroatoms. The summed E-state index contributed by atoms with van der Waals surface area (Å²) < 4.78 is 5.88. The van der Waals surface area contributed by atoms with Crippen LogP contribution in [0.3, 0.4) is 0 Å². The molecule has 130 valence electrons. The maximum absolute atomic E-state index is 12.6. The molecule has 0 aliphatic carbocycles. The number of amides is 1. The minimum Gasteiger partial charge on any atom is -0.378 e. The summed E-state index contributed by atoms with van der Waals surface area (Å²) in [4.78, 5) is 17.1. The van der Waals surface area contributed by atoms with Crippen molar-refractivity contribution in [2.75, 3.05) is 32.8 Å². The maximum Gasteiger partial charge on any atom is 0.224 e. The van der Waals surface area contributed by atoms with Gasteiger partial charge in [-0.2, -0.15) is 0 Å². The molecule has 0 radical (unpaired) electrons. The zero-order valence-corrected chi connectivity index (χ0v) is 14.5. The van der Waals surface area contributed by atoms with E-state index in [1.54, 1.807) is 0 Å². The van der Waals surface area contributed by atoms with Gasteiger partial charge in [0.25, 0.3) is 0 Å². The number of carbonyl (C=O) groups excluding carboxylic acids is 1. The molecule has 2 fully saturated rings. The van der Waals surface area contributed by atoms with E-state index in [-0.39, 0.29) is 0 Å². The maximum atomic E-state index is 12.6. The second kappa shape index (κ2) is 7.24. The molecule has 24 heavy (non-hydrogen) atoms. The molecule has 1 aromatic rings. The number of piperidine rings is 1. The van der Waals surface area contributed by atoms with Crippen LogP contribution in [0.25, 0.3) is 0 Å². The summed E-state index contributed by atoms with van der Waals surface area (Å²) in [5.74, 6) is 0.996. The van der Waals surface area contributed by atoms with Gasteiger partial charge in [-0.3, -0.25) is 4.79 Å². The lowest BCUT2D eigenvalue weighted by atomic mass is 9.88. The zero-order chi connectivity index (χ0) is 16.4. The predicted molar refractivity (Wildman–Crippen MR) is 93.7 cm³/mol. The van der Waals surface area contributed by atoms with Crippen molar-refractivity contribution < 1.29 is 9.53 Å². The van der Waals surface area contributed by atoms with Gasteiger partial charge in [-0.05, 0) is 42.7 Å². The number of rotatable bonds is 3. The Balaban J connectivity index is 1.27. The average Bonchev–Trinajstić information content (AvgIpc) is 2.65. The largest absolute Gasteiger partial charge is 0.378 e. The Morgan fingerprint density at radius 1 is 1.17 bits per heavy atom. The van der Waals surface area contributed by atoms with Crippen LogP contribution >= 0.6 is 0 Å². The quantitative estimate of drug-likeness (QED) is 0.854. The second-order valence-electron chi connectivity index (χ2n) is 7.48. The molecule has 3 aliphatic heterocycles. The second-order valence-corrected chi connectivity index (χ2v) is 7.48. The summed E-state index contributed by atoms with van der Waals surface area (Å²) in [5, 5.41) is 0. The Bertz CT molecular complexity index is 589. The normalized spacial score (nSPS) is 27.4. The number of benzene rings is 1. The summed E-state index contributed by atoms with van der Waals surface area (Å²) in [6.07, 6.45) is 5.74. The van der Waals surface area contributed by atoms with Crippen LogP contribution in [0.5, 0.6) is 0 Å². The highest BCUT2D eigenvalue weighted by molar-refractivity contribution is 5.76. The smallest absolute Gasteiger partial charge is 0.224 e. The van der Waals surface area contributed by atoms with Gasteiger partial charge < -0.3 is 14.5 Å². The van der Waals surface area contributed by atoms with Crippen LogP contribution in [0.4, 0.5) is 0 Å². The van der Waals surface area contributed by atoms with Crippen LogP contribution < -0.4 is 0 Å². The van der Waals surface area contributed by atoms with Crippen molar-refractivity contribution in [3.63, 3.8) is 0 Å². The Morgan fingerprint density at radius 2 is 2.04 bits per heavy atom. The third kappa shape index (κ3) is 3.50. The molecule has 0 saturated carbocycles. The van der Waals surface area contributed by atoms with Crippen LogP contribution in [0.2, 0.25) is 0 Å². The molecule has 0 aromatic heterocycles. The van der Waals surface area contributed by atoms with Gasteiger partial charge in [-0.1, -0.05) is 24.3 Å². The summed E-state index contributed by atoms with van der Waals surface area (Å²) in [7, 11) is 0. The molecule has 3 heterocycles. The summed E-state index contributed by atoms with van der Waals surface area (Å²) >= 11 is 0. The van der Waals surface area contributed by atoms with Crippen molar-refractivity contribution in [3.05, 3.63) is 35.4 Å². The predicted octanol–water partition coefficient (Wildman–Crippen LogP) is 2.46. The zero-order valence-electron chi connectivity index (χ0n) is 14.5. The lowest BCUT2D eigenvalue weighted by Crippen LogP contribution is -2.47. The van der Waals surface area contributed by atoms with Crippen molar-refractivity contribution in [1.82, 2.24) is 9.80 Å². The van der Waals surface area contributed by atoms with Gasteiger partial charge in [0.2, 0.25) is 5.91 Å². The molecule has 2 atom stereocenters. The molecule has 4 nitrogen and oxygen atoms in total. The van der Waals surface area contributed by atoms with Crippen LogP contribution in [-0.2, 0) is 22.5 Å². The van der Waals surface area contributed by atoms with Crippen molar-refractivity contribution in [2.24, 2.45) is 5.92 Å². The highest BCUT2D eigenvalue weighted by Gasteiger charge is 2.32. The van der Waals surface area contributed by atoms with Crippen molar-refractivity contribution >= 4 is 5.91 Å². The molecule has 4 rings (SSSR count). The number of hydrogen-bond donors (Lipinski definition) is 0. The van der Waals surface area contributed by atoms with Gasteiger partial charge in [0.1, 0.15) is 0 Å².